The van der Waals surface area contributed by atoms with E-state index >= 15 is 0 Å². The number of carbonyl (C=O) groups is 2. The molecule has 1 rings (SSSR count). The van der Waals surface area contributed by atoms with Gasteiger partial charge in [-0.1, -0.05) is 6.07 Å². The van der Waals surface area contributed by atoms with Crippen LogP contribution in [0.2, 0.25) is 0 Å². The van der Waals surface area contributed by atoms with Crippen LogP contribution in [0.15, 0.2) is 12.1 Å². The summed E-state index contributed by atoms with van der Waals surface area (Å²) >= 11 is 0. The predicted molar refractivity (Wildman–Crippen MR) is 62.5 cm³/mol. The van der Waals surface area contributed by atoms with Crippen molar-refractivity contribution in [1.82, 2.24) is 4.90 Å². The quantitative estimate of drug-likeness (QED) is 0.828. The Kier molecular flexibility index (Phi) is 3.85. The third kappa shape index (κ3) is 2.82. The normalized spacial score (nSPS) is 10.6. The highest BCUT2D eigenvalue weighted by Gasteiger charge is 2.20. The van der Waals surface area contributed by atoms with Crippen LogP contribution in [0, 0.1) is 6.92 Å². The first-order chi connectivity index (χ1) is 7.84. The molecule has 0 spiro atoms. The van der Waals surface area contributed by atoms with Crippen molar-refractivity contribution in [2.45, 2.75) is 13.5 Å². The lowest BCUT2D eigenvalue weighted by molar-refractivity contribution is 0.0693. The Hall–Kier alpha value is -1.88. The van der Waals surface area contributed by atoms with Crippen molar-refractivity contribution >= 4 is 11.9 Å². The Labute approximate surface area is 99.3 Å². The van der Waals surface area contributed by atoms with Gasteiger partial charge in [0.05, 0.1) is 11.1 Å². The SMILES string of the molecule is Cc1ccc(C(=O)O)c(CN(C)C)c1C(=O)O. The lowest BCUT2D eigenvalue weighted by Gasteiger charge is -2.16. The Bertz CT molecular complexity index is 466. The minimum absolute atomic E-state index is 0.0432. The summed E-state index contributed by atoms with van der Waals surface area (Å²) in [6.07, 6.45) is 0. The van der Waals surface area contributed by atoms with Crippen LogP contribution in [0.1, 0.15) is 31.8 Å². The average molecular weight is 237 g/mol. The molecule has 0 aliphatic rings. The first-order valence-corrected chi connectivity index (χ1v) is 5.08. The summed E-state index contributed by atoms with van der Waals surface area (Å²) in [6.45, 7) is 1.94. The second kappa shape index (κ2) is 4.97. The second-order valence-corrected chi connectivity index (χ2v) is 4.13. The predicted octanol–water partition coefficient (Wildman–Crippen LogP) is 1.45. The van der Waals surface area contributed by atoms with Gasteiger partial charge in [-0.15, -0.1) is 0 Å². The highest BCUT2D eigenvalue weighted by Crippen LogP contribution is 2.20. The van der Waals surface area contributed by atoms with Crippen LogP contribution in [-0.4, -0.2) is 41.1 Å². The van der Waals surface area contributed by atoms with Crippen LogP contribution in [-0.2, 0) is 6.54 Å². The molecule has 0 radical (unpaired) electrons. The number of hydrogen-bond donors (Lipinski definition) is 2. The Morgan fingerprint density at radius 2 is 1.76 bits per heavy atom. The van der Waals surface area contributed by atoms with Gasteiger partial charge >= 0.3 is 11.9 Å². The summed E-state index contributed by atoms with van der Waals surface area (Å²) in [6, 6.07) is 2.97. The van der Waals surface area contributed by atoms with E-state index in [1.165, 1.54) is 12.1 Å². The molecular weight excluding hydrogens is 222 g/mol. The van der Waals surface area contributed by atoms with Crippen molar-refractivity contribution in [3.05, 3.63) is 34.4 Å². The van der Waals surface area contributed by atoms with E-state index < -0.39 is 11.9 Å². The molecule has 0 saturated heterocycles. The number of nitrogens with zero attached hydrogens (tertiary/aromatic N) is 1. The van der Waals surface area contributed by atoms with Gasteiger partial charge in [0.2, 0.25) is 0 Å². The second-order valence-electron chi connectivity index (χ2n) is 4.13. The summed E-state index contributed by atoms with van der Waals surface area (Å²) in [4.78, 5) is 24.0. The Balaban J connectivity index is 3.49. The van der Waals surface area contributed by atoms with Gasteiger partial charge in [0.1, 0.15) is 0 Å². The summed E-state index contributed by atoms with van der Waals surface area (Å²) in [5.41, 5.74) is 1.04. The number of carboxylic acids is 2. The summed E-state index contributed by atoms with van der Waals surface area (Å²) in [5, 5.41) is 18.2. The van der Waals surface area contributed by atoms with Gasteiger partial charge in [-0.2, -0.15) is 0 Å². The fraction of sp³-hybridized carbons (Fsp3) is 0.333. The van der Waals surface area contributed by atoms with E-state index in [0.29, 0.717) is 11.1 Å². The van der Waals surface area contributed by atoms with Crippen molar-refractivity contribution in [2.24, 2.45) is 0 Å². The molecule has 17 heavy (non-hydrogen) atoms. The summed E-state index contributed by atoms with van der Waals surface area (Å²) < 4.78 is 0. The number of carboxylic acid groups (broad SMARTS) is 2. The first-order valence-electron chi connectivity index (χ1n) is 5.08. The van der Waals surface area contributed by atoms with Crippen LogP contribution in [0.5, 0.6) is 0 Å². The largest absolute Gasteiger partial charge is 0.478 e. The minimum atomic E-state index is -1.11. The highest BCUT2D eigenvalue weighted by molar-refractivity contribution is 5.97. The minimum Gasteiger partial charge on any atom is -0.478 e. The van der Waals surface area contributed by atoms with Gasteiger partial charge in [-0.3, -0.25) is 0 Å². The van der Waals surface area contributed by atoms with Gasteiger partial charge in [0.15, 0.2) is 0 Å². The maximum Gasteiger partial charge on any atom is 0.336 e. The molecule has 0 bridgehead atoms. The molecule has 0 saturated carbocycles. The number of benzene rings is 1. The molecule has 1 aromatic rings. The van der Waals surface area contributed by atoms with Crippen molar-refractivity contribution in [1.29, 1.82) is 0 Å². The molecule has 5 heteroatoms. The first kappa shape index (κ1) is 13.2. The number of rotatable bonds is 4. The number of aryl methyl sites for hydroxylation is 1. The molecule has 0 unspecified atom stereocenters. The molecule has 0 heterocycles. The fourth-order valence-electron chi connectivity index (χ4n) is 1.74. The zero-order chi connectivity index (χ0) is 13.2. The van der Waals surface area contributed by atoms with Crippen molar-refractivity contribution < 1.29 is 19.8 Å². The highest BCUT2D eigenvalue weighted by atomic mass is 16.4. The fourth-order valence-corrected chi connectivity index (χ4v) is 1.74. The Morgan fingerprint density at radius 3 is 2.18 bits per heavy atom. The number of hydrogen-bond acceptors (Lipinski definition) is 3. The smallest absolute Gasteiger partial charge is 0.336 e. The zero-order valence-electron chi connectivity index (χ0n) is 10.0. The molecule has 0 aliphatic carbocycles. The van der Waals surface area contributed by atoms with Crippen LogP contribution in [0.3, 0.4) is 0 Å². The van der Waals surface area contributed by atoms with Gasteiger partial charge in [0.25, 0.3) is 0 Å². The van der Waals surface area contributed by atoms with E-state index in [1.54, 1.807) is 25.9 Å². The van der Waals surface area contributed by atoms with Crippen molar-refractivity contribution in [3.63, 3.8) is 0 Å². The van der Waals surface area contributed by atoms with Crippen molar-refractivity contribution in [2.75, 3.05) is 14.1 Å². The van der Waals surface area contributed by atoms with Gasteiger partial charge in [-0.05, 0) is 38.2 Å². The zero-order valence-corrected chi connectivity index (χ0v) is 10.0. The van der Waals surface area contributed by atoms with Crippen LogP contribution in [0.4, 0.5) is 0 Å². The lowest BCUT2D eigenvalue weighted by atomic mass is 9.96. The molecule has 0 aromatic heterocycles. The van der Waals surface area contributed by atoms with Gasteiger partial charge < -0.3 is 15.1 Å². The molecule has 92 valence electrons. The summed E-state index contributed by atoms with van der Waals surface area (Å²) in [5.74, 6) is -2.20. The third-order valence-corrected chi connectivity index (χ3v) is 2.44. The molecule has 0 atom stereocenters. The van der Waals surface area contributed by atoms with E-state index in [4.69, 9.17) is 10.2 Å². The van der Waals surface area contributed by atoms with Crippen LogP contribution >= 0.6 is 0 Å². The topological polar surface area (TPSA) is 77.8 Å². The molecule has 1 aromatic carbocycles. The van der Waals surface area contributed by atoms with Crippen molar-refractivity contribution in [3.8, 4) is 0 Å². The van der Waals surface area contributed by atoms with E-state index in [0.717, 1.165) is 0 Å². The molecule has 0 amide bonds. The summed E-state index contributed by atoms with van der Waals surface area (Å²) in [7, 11) is 3.53. The average Bonchev–Trinajstić information content (AvgIpc) is 2.15. The van der Waals surface area contributed by atoms with E-state index in [9.17, 15) is 9.59 Å². The monoisotopic (exact) mass is 237 g/mol. The Morgan fingerprint density at radius 1 is 1.18 bits per heavy atom. The molecule has 2 N–H and O–H groups in total. The lowest BCUT2D eigenvalue weighted by Crippen LogP contribution is -2.19. The van der Waals surface area contributed by atoms with Crippen LogP contribution < -0.4 is 0 Å². The molecule has 0 aliphatic heterocycles. The van der Waals surface area contributed by atoms with E-state index in [1.807, 2.05) is 0 Å². The third-order valence-electron chi connectivity index (χ3n) is 2.44. The maximum absolute atomic E-state index is 11.2. The number of aromatic carboxylic acids is 2. The molecule has 0 fully saturated rings. The van der Waals surface area contributed by atoms with E-state index in [2.05, 4.69) is 0 Å². The standard InChI is InChI=1S/C12H15NO4/c1-7-4-5-8(11(14)15)9(6-13(2)3)10(7)12(16)17/h4-5H,6H2,1-3H3,(H,14,15)(H,16,17). The van der Waals surface area contributed by atoms with E-state index in [-0.39, 0.29) is 17.7 Å². The van der Waals surface area contributed by atoms with Gasteiger partial charge in [-0.25, -0.2) is 9.59 Å². The molecule has 5 nitrogen and oxygen atoms in total. The van der Waals surface area contributed by atoms with Gasteiger partial charge in [0, 0.05) is 6.54 Å². The van der Waals surface area contributed by atoms with Crippen LogP contribution in [0.25, 0.3) is 0 Å². The maximum atomic E-state index is 11.2. The molecular formula is C12H15NO4.